The minimum atomic E-state index is 0.715. The van der Waals surface area contributed by atoms with Crippen molar-refractivity contribution in [3.8, 4) is 0 Å². The maximum Gasteiger partial charge on any atom is 0.210 e. The fraction of sp³-hybridized carbons (Fsp3) is 0.857. The summed E-state index contributed by atoms with van der Waals surface area (Å²) in [6, 6.07) is 0. The van der Waals surface area contributed by atoms with Crippen molar-refractivity contribution in [2.24, 2.45) is 0 Å². The molecule has 0 spiro atoms. The van der Waals surface area contributed by atoms with Crippen LogP contribution in [0.1, 0.15) is 0 Å². The largest absolute Gasteiger partial charge is 0.379 e. The van der Waals surface area contributed by atoms with Crippen LogP contribution >= 0.6 is 0 Å². The lowest BCUT2D eigenvalue weighted by Crippen LogP contribution is -2.42. The van der Waals surface area contributed by atoms with E-state index in [2.05, 4.69) is 4.90 Å². The topological polar surface area (TPSA) is 32.8 Å². The number of nitrogens with zero attached hydrogens (tertiary/aromatic N) is 2. The van der Waals surface area contributed by atoms with Gasteiger partial charge in [-0.25, -0.2) is 0 Å². The molecule has 1 amide bonds. The highest BCUT2D eigenvalue weighted by Crippen LogP contribution is 1.96. The van der Waals surface area contributed by atoms with E-state index in [1.54, 1.807) is 11.9 Å². The molecule has 0 saturated carbocycles. The van der Waals surface area contributed by atoms with Crippen molar-refractivity contribution < 1.29 is 9.53 Å². The van der Waals surface area contributed by atoms with Crippen LogP contribution in [0.3, 0.4) is 0 Å². The fourth-order valence-corrected chi connectivity index (χ4v) is 1.09. The minimum absolute atomic E-state index is 0.715. The van der Waals surface area contributed by atoms with E-state index in [-0.39, 0.29) is 0 Å². The van der Waals surface area contributed by atoms with Gasteiger partial charge in [0.1, 0.15) is 0 Å². The molecule has 0 N–H and O–H groups in total. The van der Waals surface area contributed by atoms with Gasteiger partial charge in [-0.3, -0.25) is 9.69 Å². The highest BCUT2D eigenvalue weighted by molar-refractivity contribution is 5.45. The Labute approximate surface area is 66.7 Å². The van der Waals surface area contributed by atoms with Crippen molar-refractivity contribution in [2.75, 3.05) is 40.0 Å². The average molecular weight is 158 g/mol. The first kappa shape index (κ1) is 8.49. The molecular formula is C7H14N2O2. The van der Waals surface area contributed by atoms with Gasteiger partial charge in [-0.1, -0.05) is 0 Å². The first-order chi connectivity index (χ1) is 5.33. The molecule has 1 fully saturated rings. The molecule has 0 aliphatic carbocycles. The van der Waals surface area contributed by atoms with Crippen molar-refractivity contribution in [3.63, 3.8) is 0 Å². The van der Waals surface area contributed by atoms with Crippen LogP contribution in [0.15, 0.2) is 0 Å². The Morgan fingerprint density at radius 2 is 2.18 bits per heavy atom. The molecule has 11 heavy (non-hydrogen) atoms. The Morgan fingerprint density at radius 1 is 1.55 bits per heavy atom. The van der Waals surface area contributed by atoms with Crippen LogP contribution < -0.4 is 0 Å². The third kappa shape index (κ3) is 2.86. The van der Waals surface area contributed by atoms with Gasteiger partial charge < -0.3 is 9.64 Å². The lowest BCUT2D eigenvalue weighted by atomic mass is 10.4. The number of ether oxygens (including phenoxy) is 1. The third-order valence-corrected chi connectivity index (χ3v) is 1.71. The van der Waals surface area contributed by atoms with Crippen LogP contribution in [0.4, 0.5) is 0 Å². The lowest BCUT2D eigenvalue weighted by Gasteiger charge is -2.28. The quantitative estimate of drug-likeness (QED) is 0.512. The summed E-state index contributed by atoms with van der Waals surface area (Å²) >= 11 is 0. The van der Waals surface area contributed by atoms with Crippen LogP contribution in [-0.4, -0.2) is 56.2 Å². The lowest BCUT2D eigenvalue weighted by molar-refractivity contribution is -0.119. The SMILES string of the molecule is CN(C=O)CN1CCOCC1. The van der Waals surface area contributed by atoms with E-state index in [4.69, 9.17) is 4.74 Å². The zero-order chi connectivity index (χ0) is 8.10. The van der Waals surface area contributed by atoms with Gasteiger partial charge in [0.2, 0.25) is 6.41 Å². The van der Waals surface area contributed by atoms with E-state index < -0.39 is 0 Å². The molecule has 0 unspecified atom stereocenters. The van der Waals surface area contributed by atoms with Crippen LogP contribution in [-0.2, 0) is 9.53 Å². The molecule has 4 heteroatoms. The van der Waals surface area contributed by atoms with E-state index in [0.29, 0.717) is 6.67 Å². The number of hydrogen-bond donors (Lipinski definition) is 0. The smallest absolute Gasteiger partial charge is 0.210 e. The van der Waals surface area contributed by atoms with E-state index in [1.165, 1.54) is 0 Å². The summed E-state index contributed by atoms with van der Waals surface area (Å²) < 4.78 is 5.17. The van der Waals surface area contributed by atoms with E-state index in [1.807, 2.05) is 0 Å². The van der Waals surface area contributed by atoms with Gasteiger partial charge >= 0.3 is 0 Å². The molecule has 1 rings (SSSR count). The molecule has 1 saturated heterocycles. The highest BCUT2D eigenvalue weighted by atomic mass is 16.5. The number of rotatable bonds is 3. The van der Waals surface area contributed by atoms with Gasteiger partial charge in [0.05, 0.1) is 19.9 Å². The fourth-order valence-electron chi connectivity index (χ4n) is 1.09. The molecule has 0 bridgehead atoms. The summed E-state index contributed by atoms with van der Waals surface area (Å²) in [5.41, 5.74) is 0. The van der Waals surface area contributed by atoms with Gasteiger partial charge in [-0.2, -0.15) is 0 Å². The van der Waals surface area contributed by atoms with Crippen molar-refractivity contribution in [1.82, 2.24) is 9.80 Å². The number of carbonyl (C=O) groups is 1. The molecule has 0 aromatic rings. The molecular weight excluding hydrogens is 144 g/mol. The van der Waals surface area contributed by atoms with Crippen molar-refractivity contribution >= 4 is 6.41 Å². The predicted molar refractivity (Wildman–Crippen MR) is 41.1 cm³/mol. The Bertz CT molecular complexity index is 124. The maximum absolute atomic E-state index is 10.2. The normalized spacial score (nSPS) is 19.7. The molecule has 1 heterocycles. The van der Waals surface area contributed by atoms with Crippen molar-refractivity contribution in [1.29, 1.82) is 0 Å². The molecule has 1 aliphatic rings. The first-order valence-electron chi connectivity index (χ1n) is 3.78. The molecule has 1 aliphatic heterocycles. The number of carbonyl (C=O) groups excluding carboxylic acids is 1. The predicted octanol–water partition coefficient (Wildman–Crippen LogP) is -0.636. The van der Waals surface area contributed by atoms with Gasteiger partial charge in [0.25, 0.3) is 0 Å². The zero-order valence-corrected chi connectivity index (χ0v) is 6.82. The summed E-state index contributed by atoms with van der Waals surface area (Å²) in [6.07, 6.45) is 0.843. The van der Waals surface area contributed by atoms with E-state index in [0.717, 1.165) is 32.7 Å². The maximum atomic E-state index is 10.2. The second kappa shape index (κ2) is 4.31. The zero-order valence-electron chi connectivity index (χ0n) is 6.82. The number of morpholine rings is 1. The first-order valence-corrected chi connectivity index (χ1v) is 3.78. The van der Waals surface area contributed by atoms with Crippen LogP contribution in [0, 0.1) is 0 Å². The van der Waals surface area contributed by atoms with Gasteiger partial charge in [0, 0.05) is 20.1 Å². The summed E-state index contributed by atoms with van der Waals surface area (Å²) in [7, 11) is 1.78. The third-order valence-electron chi connectivity index (χ3n) is 1.71. The van der Waals surface area contributed by atoms with Crippen LogP contribution in [0.2, 0.25) is 0 Å². The average Bonchev–Trinajstić information content (AvgIpc) is 2.06. The summed E-state index contributed by atoms with van der Waals surface area (Å²) in [4.78, 5) is 14.1. The van der Waals surface area contributed by atoms with Gasteiger partial charge in [-0.05, 0) is 0 Å². The van der Waals surface area contributed by atoms with Gasteiger partial charge in [0.15, 0.2) is 0 Å². The van der Waals surface area contributed by atoms with Crippen LogP contribution in [0.5, 0.6) is 0 Å². The Morgan fingerprint density at radius 3 is 2.73 bits per heavy atom. The Kier molecular flexibility index (Phi) is 3.32. The van der Waals surface area contributed by atoms with E-state index >= 15 is 0 Å². The molecule has 64 valence electrons. The monoisotopic (exact) mass is 158 g/mol. The Hall–Kier alpha value is -0.610. The summed E-state index contributed by atoms with van der Waals surface area (Å²) in [5.74, 6) is 0. The second-order valence-corrected chi connectivity index (χ2v) is 2.73. The number of hydrogen-bond acceptors (Lipinski definition) is 3. The summed E-state index contributed by atoms with van der Waals surface area (Å²) in [5, 5.41) is 0. The van der Waals surface area contributed by atoms with E-state index in [9.17, 15) is 4.79 Å². The molecule has 4 nitrogen and oxygen atoms in total. The van der Waals surface area contributed by atoms with Crippen molar-refractivity contribution in [3.05, 3.63) is 0 Å². The Balaban J connectivity index is 2.18. The minimum Gasteiger partial charge on any atom is -0.379 e. The second-order valence-electron chi connectivity index (χ2n) is 2.73. The number of amides is 1. The highest BCUT2D eigenvalue weighted by Gasteiger charge is 2.10. The van der Waals surface area contributed by atoms with Gasteiger partial charge in [-0.15, -0.1) is 0 Å². The van der Waals surface area contributed by atoms with Crippen molar-refractivity contribution in [2.45, 2.75) is 0 Å². The molecule has 0 atom stereocenters. The molecule has 0 aromatic heterocycles. The summed E-state index contributed by atoms with van der Waals surface area (Å²) in [6.45, 7) is 4.14. The van der Waals surface area contributed by atoms with Crippen LogP contribution in [0.25, 0.3) is 0 Å². The standard InChI is InChI=1S/C7H14N2O2/c1-8(7-10)6-9-2-4-11-5-3-9/h7H,2-6H2,1H3. The molecule has 0 aromatic carbocycles. The molecule has 0 radical (unpaired) electrons.